The standard InChI is InChI=1S/C8H5FN4O3.C6H10N2/c9-5-2-1-3-6(4-5)12-7(14)13(8(15)16)11-10-12;7-4-1-5-8-6-2-3-6/h1-4H,(H,15,16);6,8H,1-3,5H2. The number of tetrazole rings is 1. The molecule has 0 spiro atoms. The van der Waals surface area contributed by atoms with Gasteiger partial charge in [0.2, 0.25) is 0 Å². The van der Waals surface area contributed by atoms with Gasteiger partial charge < -0.3 is 10.4 Å². The number of hydrogen-bond acceptors (Lipinski definition) is 6. The molecule has 0 atom stereocenters. The first-order valence-electron chi connectivity index (χ1n) is 7.17. The summed E-state index contributed by atoms with van der Waals surface area (Å²) in [6.45, 7) is 0.876. The molecule has 1 heterocycles. The summed E-state index contributed by atoms with van der Waals surface area (Å²) in [7, 11) is 0. The first kappa shape index (κ1) is 17.3. The third-order valence-corrected chi connectivity index (χ3v) is 3.06. The van der Waals surface area contributed by atoms with Crippen molar-refractivity contribution < 1.29 is 14.3 Å². The molecule has 24 heavy (non-hydrogen) atoms. The first-order chi connectivity index (χ1) is 11.5. The lowest BCUT2D eigenvalue weighted by molar-refractivity contribution is 0.191. The van der Waals surface area contributed by atoms with Crippen LogP contribution in [0.5, 0.6) is 0 Å². The Morgan fingerprint density at radius 2 is 2.21 bits per heavy atom. The van der Waals surface area contributed by atoms with Gasteiger partial charge in [-0.15, -0.1) is 0 Å². The minimum absolute atomic E-state index is 0.109. The molecule has 1 aliphatic rings. The third-order valence-electron chi connectivity index (χ3n) is 3.06. The van der Waals surface area contributed by atoms with Gasteiger partial charge in [0, 0.05) is 19.0 Å². The maximum Gasteiger partial charge on any atom is 0.438 e. The predicted octanol–water partition coefficient (Wildman–Crippen LogP) is 0.746. The Labute approximate surface area is 135 Å². The average molecular weight is 334 g/mol. The number of nitrogens with zero attached hydrogens (tertiary/aromatic N) is 5. The molecule has 126 valence electrons. The highest BCUT2D eigenvalue weighted by molar-refractivity contribution is 5.66. The summed E-state index contributed by atoms with van der Waals surface area (Å²) in [5, 5.41) is 26.3. The average Bonchev–Trinajstić information content (AvgIpc) is 3.28. The monoisotopic (exact) mass is 334 g/mol. The van der Waals surface area contributed by atoms with Crippen molar-refractivity contribution in [1.29, 1.82) is 5.26 Å². The Bertz CT molecular complexity index is 805. The van der Waals surface area contributed by atoms with Gasteiger partial charge in [0.15, 0.2) is 0 Å². The summed E-state index contributed by atoms with van der Waals surface area (Å²) in [6.07, 6.45) is 1.72. The molecule has 1 aromatic carbocycles. The summed E-state index contributed by atoms with van der Waals surface area (Å²) in [5.41, 5.74) is -0.865. The Morgan fingerprint density at radius 1 is 1.46 bits per heavy atom. The fraction of sp³-hybridized carbons (Fsp3) is 0.357. The molecule has 0 saturated heterocycles. The van der Waals surface area contributed by atoms with Gasteiger partial charge in [0.1, 0.15) is 5.82 Å². The van der Waals surface area contributed by atoms with Crippen LogP contribution in [0.4, 0.5) is 9.18 Å². The molecule has 1 aliphatic carbocycles. The van der Waals surface area contributed by atoms with Crippen LogP contribution in [0.15, 0.2) is 29.1 Å². The summed E-state index contributed by atoms with van der Waals surface area (Å²) in [6, 6.07) is 7.86. The zero-order valence-corrected chi connectivity index (χ0v) is 12.6. The lowest BCUT2D eigenvalue weighted by Gasteiger charge is -1.96. The fourth-order valence-corrected chi connectivity index (χ4v) is 1.76. The number of benzene rings is 1. The van der Waals surface area contributed by atoms with E-state index in [1.807, 2.05) is 0 Å². The van der Waals surface area contributed by atoms with Crippen molar-refractivity contribution in [2.24, 2.45) is 0 Å². The zero-order chi connectivity index (χ0) is 17.5. The van der Waals surface area contributed by atoms with E-state index in [4.69, 9.17) is 10.4 Å². The Hall–Kier alpha value is -3.06. The van der Waals surface area contributed by atoms with E-state index in [9.17, 15) is 14.0 Å². The molecule has 0 amide bonds. The molecule has 1 saturated carbocycles. The smallest absolute Gasteiger partial charge is 0.438 e. The quantitative estimate of drug-likeness (QED) is 0.624. The molecular formula is C14H15FN6O3. The van der Waals surface area contributed by atoms with E-state index < -0.39 is 17.6 Å². The molecule has 2 N–H and O–H groups in total. The van der Waals surface area contributed by atoms with E-state index in [-0.39, 0.29) is 10.4 Å². The van der Waals surface area contributed by atoms with E-state index in [1.165, 1.54) is 31.0 Å². The number of carboxylic acid groups (broad SMARTS) is 1. The molecule has 3 rings (SSSR count). The Morgan fingerprint density at radius 3 is 2.75 bits per heavy atom. The SMILES string of the molecule is N#CCCNC1CC1.O=C(O)n1nnn(-c2cccc(F)c2)c1=O. The summed E-state index contributed by atoms with van der Waals surface area (Å²) in [5.74, 6) is -0.561. The van der Waals surface area contributed by atoms with Crippen molar-refractivity contribution in [1.82, 2.24) is 25.1 Å². The van der Waals surface area contributed by atoms with Gasteiger partial charge in [0.25, 0.3) is 0 Å². The molecule has 0 aliphatic heterocycles. The largest absolute Gasteiger partial charge is 0.463 e. The second-order valence-corrected chi connectivity index (χ2v) is 4.98. The fourth-order valence-electron chi connectivity index (χ4n) is 1.76. The van der Waals surface area contributed by atoms with Crippen LogP contribution in [0.2, 0.25) is 0 Å². The minimum atomic E-state index is -1.55. The van der Waals surface area contributed by atoms with Crippen LogP contribution in [0.1, 0.15) is 19.3 Å². The molecule has 0 bridgehead atoms. The first-order valence-corrected chi connectivity index (χ1v) is 7.17. The molecule has 9 nitrogen and oxygen atoms in total. The van der Waals surface area contributed by atoms with Crippen molar-refractivity contribution in [2.75, 3.05) is 6.54 Å². The zero-order valence-electron chi connectivity index (χ0n) is 12.6. The highest BCUT2D eigenvalue weighted by Gasteiger charge is 2.19. The van der Waals surface area contributed by atoms with Crippen LogP contribution in [0.3, 0.4) is 0 Å². The molecule has 1 fully saturated rings. The van der Waals surface area contributed by atoms with Crippen LogP contribution in [0, 0.1) is 17.1 Å². The van der Waals surface area contributed by atoms with Crippen LogP contribution in [0.25, 0.3) is 5.69 Å². The predicted molar refractivity (Wildman–Crippen MR) is 80.3 cm³/mol. The van der Waals surface area contributed by atoms with Gasteiger partial charge in [0.05, 0.1) is 11.8 Å². The summed E-state index contributed by atoms with van der Waals surface area (Å²) < 4.78 is 13.7. The highest BCUT2D eigenvalue weighted by Crippen LogP contribution is 2.18. The molecule has 1 aromatic heterocycles. The molecule has 0 unspecified atom stereocenters. The van der Waals surface area contributed by atoms with Crippen LogP contribution < -0.4 is 11.0 Å². The van der Waals surface area contributed by atoms with Crippen LogP contribution >= 0.6 is 0 Å². The normalized spacial score (nSPS) is 12.8. The second-order valence-electron chi connectivity index (χ2n) is 4.98. The van der Waals surface area contributed by atoms with Gasteiger partial charge in [-0.2, -0.15) is 9.94 Å². The van der Waals surface area contributed by atoms with Gasteiger partial charge in [-0.3, -0.25) is 0 Å². The molecule has 2 aromatic rings. The molecule has 0 radical (unpaired) electrons. The lowest BCUT2D eigenvalue weighted by Crippen LogP contribution is -2.28. The summed E-state index contributed by atoms with van der Waals surface area (Å²) >= 11 is 0. The van der Waals surface area contributed by atoms with Crippen LogP contribution in [-0.4, -0.2) is 43.6 Å². The van der Waals surface area contributed by atoms with Crippen molar-refractivity contribution in [2.45, 2.75) is 25.3 Å². The van der Waals surface area contributed by atoms with E-state index in [1.54, 1.807) is 0 Å². The maximum absolute atomic E-state index is 12.9. The van der Waals surface area contributed by atoms with Crippen molar-refractivity contribution in [3.63, 3.8) is 0 Å². The van der Waals surface area contributed by atoms with Crippen molar-refractivity contribution in [3.05, 3.63) is 40.6 Å². The number of nitriles is 1. The lowest BCUT2D eigenvalue weighted by atomic mass is 10.3. The van der Waals surface area contributed by atoms with Crippen molar-refractivity contribution in [3.8, 4) is 11.8 Å². The van der Waals surface area contributed by atoms with Gasteiger partial charge >= 0.3 is 11.8 Å². The van der Waals surface area contributed by atoms with Gasteiger partial charge in [-0.25, -0.2) is 14.0 Å². The number of halogens is 1. The van der Waals surface area contributed by atoms with Crippen molar-refractivity contribution >= 4 is 6.09 Å². The van der Waals surface area contributed by atoms with E-state index in [0.717, 1.165) is 18.7 Å². The number of hydrogen-bond donors (Lipinski definition) is 2. The Kier molecular flexibility index (Phi) is 5.75. The van der Waals surface area contributed by atoms with Gasteiger partial charge in [-0.1, -0.05) is 10.7 Å². The highest BCUT2D eigenvalue weighted by atomic mass is 19.1. The number of nitrogens with one attached hydrogen (secondary N) is 1. The van der Waals surface area contributed by atoms with E-state index >= 15 is 0 Å². The van der Waals surface area contributed by atoms with Gasteiger partial charge in [-0.05, 0) is 41.5 Å². The number of aromatic nitrogens is 4. The summed E-state index contributed by atoms with van der Waals surface area (Å²) in [4.78, 5) is 21.9. The number of carbonyl (C=O) groups is 1. The molecule has 10 heteroatoms. The Balaban J connectivity index is 0.000000219. The maximum atomic E-state index is 12.9. The topological polar surface area (TPSA) is 126 Å². The van der Waals surface area contributed by atoms with Crippen LogP contribution in [-0.2, 0) is 0 Å². The second kappa shape index (κ2) is 7.98. The third kappa shape index (κ3) is 4.72. The minimum Gasteiger partial charge on any atom is -0.463 e. The van der Waals surface area contributed by atoms with E-state index in [2.05, 4.69) is 21.8 Å². The molecular weight excluding hydrogens is 319 g/mol. The van der Waals surface area contributed by atoms with E-state index in [0.29, 0.717) is 11.1 Å². The number of rotatable bonds is 4.